The number of nitrogens with zero attached hydrogens (tertiary/aromatic N) is 2. The minimum absolute atomic E-state index is 0.155. The molecule has 3 heteroatoms. The van der Waals surface area contributed by atoms with Gasteiger partial charge in [0.1, 0.15) is 11.7 Å². The fourth-order valence-electron chi connectivity index (χ4n) is 2.25. The van der Waals surface area contributed by atoms with Crippen molar-refractivity contribution in [3.05, 3.63) is 40.8 Å². The van der Waals surface area contributed by atoms with Gasteiger partial charge in [-0.3, -0.25) is 0 Å². The molecule has 0 aliphatic heterocycles. The lowest BCUT2D eigenvalue weighted by molar-refractivity contribution is 0.764. The van der Waals surface area contributed by atoms with Gasteiger partial charge in [-0.2, -0.15) is 5.26 Å². The van der Waals surface area contributed by atoms with Crippen LogP contribution < -0.4 is 0 Å². The molecule has 2 aromatic rings. The molecule has 1 aromatic heterocycles. The number of aryl methyl sites for hydroxylation is 3. The molecule has 1 aromatic carbocycles. The van der Waals surface area contributed by atoms with E-state index in [9.17, 15) is 0 Å². The van der Waals surface area contributed by atoms with Crippen molar-refractivity contribution in [1.29, 1.82) is 5.26 Å². The Hall–Kier alpha value is -2.08. The third-order valence-corrected chi connectivity index (χ3v) is 3.45. The van der Waals surface area contributed by atoms with E-state index in [2.05, 4.69) is 48.1 Å². The van der Waals surface area contributed by atoms with Crippen LogP contribution >= 0.6 is 0 Å². The van der Waals surface area contributed by atoms with Gasteiger partial charge < -0.3 is 4.98 Å². The van der Waals surface area contributed by atoms with Crippen LogP contribution in [0.5, 0.6) is 0 Å². The van der Waals surface area contributed by atoms with Crippen molar-refractivity contribution in [3.8, 4) is 17.3 Å². The SMILES string of the molecule is CCC(C#N)c1nc(-c2cc(C)ccc2C)c(C)[nH]1. The Kier molecular flexibility index (Phi) is 3.71. The van der Waals surface area contributed by atoms with Crippen LogP contribution in [0.1, 0.15) is 41.9 Å². The molecule has 0 spiro atoms. The smallest absolute Gasteiger partial charge is 0.124 e. The average Bonchev–Trinajstić information content (AvgIpc) is 2.76. The van der Waals surface area contributed by atoms with E-state index in [4.69, 9.17) is 5.26 Å². The third-order valence-electron chi connectivity index (χ3n) is 3.45. The zero-order chi connectivity index (χ0) is 14.0. The van der Waals surface area contributed by atoms with Crippen molar-refractivity contribution >= 4 is 0 Å². The topological polar surface area (TPSA) is 52.5 Å². The third kappa shape index (κ3) is 2.53. The molecule has 0 bridgehead atoms. The van der Waals surface area contributed by atoms with Gasteiger partial charge in [-0.15, -0.1) is 0 Å². The summed E-state index contributed by atoms with van der Waals surface area (Å²) in [5.74, 6) is 0.621. The summed E-state index contributed by atoms with van der Waals surface area (Å²) in [5, 5.41) is 9.14. The Balaban J connectivity index is 2.52. The van der Waals surface area contributed by atoms with Gasteiger partial charge in [0.25, 0.3) is 0 Å². The van der Waals surface area contributed by atoms with E-state index in [1.165, 1.54) is 11.1 Å². The Morgan fingerprint density at radius 1 is 1.32 bits per heavy atom. The van der Waals surface area contributed by atoms with Gasteiger partial charge in [0, 0.05) is 11.3 Å². The van der Waals surface area contributed by atoms with Crippen LogP contribution in [-0.4, -0.2) is 9.97 Å². The highest BCUT2D eigenvalue weighted by atomic mass is 14.9. The van der Waals surface area contributed by atoms with Crippen molar-refractivity contribution in [1.82, 2.24) is 9.97 Å². The van der Waals surface area contributed by atoms with E-state index in [-0.39, 0.29) is 5.92 Å². The van der Waals surface area contributed by atoms with E-state index in [0.29, 0.717) is 0 Å². The van der Waals surface area contributed by atoms with E-state index in [0.717, 1.165) is 29.2 Å². The molecular weight excluding hydrogens is 234 g/mol. The fraction of sp³-hybridized carbons (Fsp3) is 0.375. The number of imidazole rings is 1. The second-order valence-corrected chi connectivity index (χ2v) is 5.00. The van der Waals surface area contributed by atoms with Crippen molar-refractivity contribution in [2.24, 2.45) is 0 Å². The maximum Gasteiger partial charge on any atom is 0.124 e. The number of nitrogens with one attached hydrogen (secondary N) is 1. The van der Waals surface area contributed by atoms with Crippen molar-refractivity contribution < 1.29 is 0 Å². The number of nitriles is 1. The summed E-state index contributed by atoms with van der Waals surface area (Å²) < 4.78 is 0. The van der Waals surface area contributed by atoms with Gasteiger partial charge in [-0.05, 0) is 38.8 Å². The minimum Gasteiger partial charge on any atom is -0.344 e. The first-order chi connectivity index (χ1) is 9.06. The van der Waals surface area contributed by atoms with Crippen molar-refractivity contribution in [2.75, 3.05) is 0 Å². The number of aromatic amines is 1. The minimum atomic E-state index is -0.155. The number of rotatable bonds is 3. The van der Waals surface area contributed by atoms with Gasteiger partial charge in [-0.1, -0.05) is 24.6 Å². The second-order valence-electron chi connectivity index (χ2n) is 5.00. The molecule has 1 unspecified atom stereocenters. The predicted octanol–water partition coefficient (Wildman–Crippen LogP) is 4.02. The van der Waals surface area contributed by atoms with Crippen LogP contribution in [0.4, 0.5) is 0 Å². The molecule has 0 fully saturated rings. The molecule has 0 radical (unpaired) electrons. The zero-order valence-electron chi connectivity index (χ0n) is 11.9. The van der Waals surface area contributed by atoms with Crippen LogP contribution in [0, 0.1) is 32.1 Å². The molecule has 2 rings (SSSR count). The highest BCUT2D eigenvalue weighted by molar-refractivity contribution is 5.66. The summed E-state index contributed by atoms with van der Waals surface area (Å²) in [4.78, 5) is 7.90. The van der Waals surface area contributed by atoms with Gasteiger partial charge >= 0.3 is 0 Å². The largest absolute Gasteiger partial charge is 0.344 e. The monoisotopic (exact) mass is 253 g/mol. The normalized spacial score (nSPS) is 12.2. The van der Waals surface area contributed by atoms with Gasteiger partial charge in [0.15, 0.2) is 0 Å². The summed E-state index contributed by atoms with van der Waals surface area (Å²) in [5.41, 5.74) is 5.56. The number of benzene rings is 1. The zero-order valence-corrected chi connectivity index (χ0v) is 11.9. The van der Waals surface area contributed by atoms with Crippen LogP contribution in [0.3, 0.4) is 0 Å². The highest BCUT2D eigenvalue weighted by Gasteiger charge is 2.16. The predicted molar refractivity (Wildman–Crippen MR) is 76.9 cm³/mol. The Morgan fingerprint density at radius 3 is 2.68 bits per heavy atom. The molecule has 98 valence electrons. The summed E-state index contributed by atoms with van der Waals surface area (Å²) in [6.45, 7) is 8.18. The lowest BCUT2D eigenvalue weighted by Gasteiger charge is -2.05. The van der Waals surface area contributed by atoms with Gasteiger partial charge in [0.05, 0.1) is 11.8 Å². The molecule has 1 heterocycles. The number of hydrogen-bond acceptors (Lipinski definition) is 2. The summed E-state index contributed by atoms with van der Waals surface area (Å²) >= 11 is 0. The van der Waals surface area contributed by atoms with Gasteiger partial charge in [-0.25, -0.2) is 4.98 Å². The van der Waals surface area contributed by atoms with Gasteiger partial charge in [0.2, 0.25) is 0 Å². The number of H-pyrrole nitrogens is 1. The molecule has 0 saturated carbocycles. The Labute approximate surface area is 114 Å². The molecule has 0 aliphatic carbocycles. The molecule has 0 saturated heterocycles. The van der Waals surface area contributed by atoms with Crippen LogP contribution in [0.15, 0.2) is 18.2 Å². The first kappa shape index (κ1) is 13.4. The average molecular weight is 253 g/mol. The molecule has 1 atom stereocenters. The van der Waals surface area contributed by atoms with Crippen LogP contribution in [0.25, 0.3) is 11.3 Å². The summed E-state index contributed by atoms with van der Waals surface area (Å²) in [6, 6.07) is 8.65. The molecule has 19 heavy (non-hydrogen) atoms. The van der Waals surface area contributed by atoms with E-state index in [1.54, 1.807) is 0 Å². The first-order valence-electron chi connectivity index (χ1n) is 6.60. The first-order valence-corrected chi connectivity index (χ1v) is 6.60. The molecular formula is C16H19N3. The van der Waals surface area contributed by atoms with Crippen LogP contribution in [0.2, 0.25) is 0 Å². The Bertz CT molecular complexity index is 632. The van der Waals surface area contributed by atoms with E-state index < -0.39 is 0 Å². The Morgan fingerprint density at radius 2 is 2.05 bits per heavy atom. The quantitative estimate of drug-likeness (QED) is 0.898. The van der Waals surface area contributed by atoms with E-state index >= 15 is 0 Å². The van der Waals surface area contributed by atoms with Crippen molar-refractivity contribution in [3.63, 3.8) is 0 Å². The summed E-state index contributed by atoms with van der Waals surface area (Å²) in [6.07, 6.45) is 0.774. The standard InChI is InChI=1S/C16H19N3/c1-5-13(9-17)16-18-12(4)15(19-16)14-8-10(2)6-7-11(14)3/h6-8,13H,5H2,1-4H3,(H,18,19). The molecule has 3 nitrogen and oxygen atoms in total. The molecule has 0 aliphatic rings. The molecule has 1 N–H and O–H groups in total. The lowest BCUT2D eigenvalue weighted by Crippen LogP contribution is -1.96. The summed E-state index contributed by atoms with van der Waals surface area (Å²) in [7, 11) is 0. The maximum absolute atomic E-state index is 9.14. The maximum atomic E-state index is 9.14. The van der Waals surface area contributed by atoms with Crippen molar-refractivity contribution in [2.45, 2.75) is 40.0 Å². The molecule has 0 amide bonds. The van der Waals surface area contributed by atoms with E-state index in [1.807, 2.05) is 13.8 Å². The lowest BCUT2D eigenvalue weighted by atomic mass is 10.0. The highest BCUT2D eigenvalue weighted by Crippen LogP contribution is 2.28. The fourth-order valence-corrected chi connectivity index (χ4v) is 2.25. The second kappa shape index (κ2) is 5.27. The number of aromatic nitrogens is 2. The van der Waals surface area contributed by atoms with Crippen LogP contribution in [-0.2, 0) is 0 Å². The number of hydrogen-bond donors (Lipinski definition) is 1.